The van der Waals surface area contributed by atoms with Crippen LogP contribution in [0.15, 0.2) is 43.5 Å². The summed E-state index contributed by atoms with van der Waals surface area (Å²) in [7, 11) is 0. The Morgan fingerprint density at radius 3 is 1.93 bits per heavy atom. The number of hydrogen-bond donors (Lipinski definition) is 2. The summed E-state index contributed by atoms with van der Waals surface area (Å²) in [4.78, 5) is 0. The quantitative estimate of drug-likeness (QED) is 0.692. The molecule has 1 rings (SSSR count). The topological polar surface area (TPSA) is 24.1 Å². The Balaban J connectivity index is 2.79. The van der Waals surface area contributed by atoms with E-state index in [1.807, 2.05) is 18.2 Å². The number of anilines is 2. The summed E-state index contributed by atoms with van der Waals surface area (Å²) in [6.07, 6.45) is 3.70. The minimum atomic E-state index is 0.783. The van der Waals surface area contributed by atoms with Crippen molar-refractivity contribution in [3.63, 3.8) is 0 Å². The molecule has 0 atom stereocenters. The third-order valence-corrected chi connectivity index (χ3v) is 2.21. The van der Waals surface area contributed by atoms with E-state index in [0.717, 1.165) is 24.5 Å². The van der Waals surface area contributed by atoms with E-state index < -0.39 is 0 Å². The van der Waals surface area contributed by atoms with Crippen molar-refractivity contribution in [2.24, 2.45) is 0 Å². The molecule has 0 spiro atoms. The van der Waals surface area contributed by atoms with Gasteiger partial charge in [-0.05, 0) is 24.6 Å². The van der Waals surface area contributed by atoms with Gasteiger partial charge in [0, 0.05) is 24.5 Å². The van der Waals surface area contributed by atoms with E-state index in [4.69, 9.17) is 0 Å². The number of nitrogens with one attached hydrogen (secondary N) is 2. The molecule has 0 amide bonds. The predicted molar refractivity (Wildman–Crippen MR) is 68.6 cm³/mol. The summed E-state index contributed by atoms with van der Waals surface area (Å²) >= 11 is 0. The monoisotopic (exact) mass is 202 g/mol. The molecule has 0 radical (unpaired) electrons. The highest BCUT2D eigenvalue weighted by atomic mass is 14.9. The zero-order valence-electron chi connectivity index (χ0n) is 9.22. The van der Waals surface area contributed by atoms with Gasteiger partial charge in [0.05, 0.1) is 0 Å². The molecule has 0 saturated carbocycles. The highest BCUT2D eigenvalue weighted by molar-refractivity contribution is 5.65. The van der Waals surface area contributed by atoms with Crippen LogP contribution in [0.5, 0.6) is 0 Å². The number of rotatable bonds is 6. The molecule has 2 heteroatoms. The van der Waals surface area contributed by atoms with Gasteiger partial charge in [-0.1, -0.05) is 18.2 Å². The fourth-order valence-electron chi connectivity index (χ4n) is 1.38. The second-order valence-electron chi connectivity index (χ2n) is 3.32. The summed E-state index contributed by atoms with van der Waals surface area (Å²) in [5.41, 5.74) is 3.51. The van der Waals surface area contributed by atoms with E-state index in [9.17, 15) is 0 Å². The van der Waals surface area contributed by atoms with Crippen LogP contribution in [-0.4, -0.2) is 13.1 Å². The smallest absolute Gasteiger partial charge is 0.0393 e. The molecule has 1 aromatic rings. The Morgan fingerprint density at radius 2 is 1.53 bits per heavy atom. The van der Waals surface area contributed by atoms with Gasteiger partial charge in [0.1, 0.15) is 0 Å². The van der Waals surface area contributed by atoms with Gasteiger partial charge in [-0.3, -0.25) is 0 Å². The molecule has 0 aromatic heterocycles. The standard InChI is InChI=1S/C13H18N2/c1-4-9-14-12-7-6-8-13(11(12)3)15-10-5-2/h4-8,14-15H,1-2,9-10H2,3H3. The largest absolute Gasteiger partial charge is 0.381 e. The summed E-state index contributed by atoms with van der Waals surface area (Å²) in [5.74, 6) is 0. The molecule has 80 valence electrons. The van der Waals surface area contributed by atoms with Gasteiger partial charge >= 0.3 is 0 Å². The van der Waals surface area contributed by atoms with Crippen LogP contribution < -0.4 is 10.6 Å². The lowest BCUT2D eigenvalue weighted by molar-refractivity contribution is 1.27. The van der Waals surface area contributed by atoms with Gasteiger partial charge in [-0.25, -0.2) is 0 Å². The van der Waals surface area contributed by atoms with Crippen molar-refractivity contribution in [3.8, 4) is 0 Å². The minimum absolute atomic E-state index is 0.783. The van der Waals surface area contributed by atoms with Crippen LogP contribution in [0.25, 0.3) is 0 Å². The lowest BCUT2D eigenvalue weighted by atomic mass is 10.1. The van der Waals surface area contributed by atoms with Gasteiger partial charge < -0.3 is 10.6 Å². The average Bonchev–Trinajstić information content (AvgIpc) is 2.26. The molecule has 0 heterocycles. The van der Waals surface area contributed by atoms with E-state index in [2.05, 4.69) is 42.8 Å². The van der Waals surface area contributed by atoms with E-state index in [1.165, 1.54) is 5.56 Å². The second kappa shape index (κ2) is 5.91. The van der Waals surface area contributed by atoms with Crippen molar-refractivity contribution >= 4 is 11.4 Å². The Morgan fingerprint density at radius 1 is 1.07 bits per heavy atom. The first-order chi connectivity index (χ1) is 7.29. The first kappa shape index (κ1) is 11.4. The Kier molecular flexibility index (Phi) is 4.48. The third kappa shape index (κ3) is 3.17. The van der Waals surface area contributed by atoms with Gasteiger partial charge in [0.15, 0.2) is 0 Å². The Hall–Kier alpha value is -1.70. The van der Waals surface area contributed by atoms with Crippen LogP contribution >= 0.6 is 0 Å². The molecule has 2 N–H and O–H groups in total. The zero-order chi connectivity index (χ0) is 11.1. The predicted octanol–water partition coefficient (Wildman–Crippen LogP) is 3.19. The van der Waals surface area contributed by atoms with Crippen molar-refractivity contribution in [2.45, 2.75) is 6.92 Å². The molecule has 15 heavy (non-hydrogen) atoms. The molecule has 0 aliphatic carbocycles. The van der Waals surface area contributed by atoms with Crippen LogP contribution in [0.3, 0.4) is 0 Å². The lowest BCUT2D eigenvalue weighted by Crippen LogP contribution is -2.04. The van der Waals surface area contributed by atoms with Crippen molar-refractivity contribution in [1.82, 2.24) is 0 Å². The van der Waals surface area contributed by atoms with Crippen LogP contribution in [0.4, 0.5) is 11.4 Å². The van der Waals surface area contributed by atoms with Crippen LogP contribution in [0.1, 0.15) is 5.56 Å². The minimum Gasteiger partial charge on any atom is -0.381 e. The zero-order valence-corrected chi connectivity index (χ0v) is 9.22. The molecular formula is C13H18N2. The van der Waals surface area contributed by atoms with Gasteiger partial charge in [-0.15, -0.1) is 13.2 Å². The second-order valence-corrected chi connectivity index (χ2v) is 3.32. The molecule has 1 aromatic carbocycles. The molecular weight excluding hydrogens is 184 g/mol. The summed E-state index contributed by atoms with van der Waals surface area (Å²) in [6.45, 7) is 11.0. The van der Waals surface area contributed by atoms with Crippen molar-refractivity contribution in [1.29, 1.82) is 0 Å². The molecule has 0 saturated heterocycles. The SMILES string of the molecule is C=CCNc1cccc(NCC=C)c1C. The van der Waals surface area contributed by atoms with Crippen LogP contribution in [-0.2, 0) is 0 Å². The van der Waals surface area contributed by atoms with E-state index >= 15 is 0 Å². The molecule has 0 aliphatic rings. The van der Waals surface area contributed by atoms with Gasteiger partial charge in [0.2, 0.25) is 0 Å². The van der Waals surface area contributed by atoms with Gasteiger partial charge in [0.25, 0.3) is 0 Å². The normalized spacial score (nSPS) is 9.40. The van der Waals surface area contributed by atoms with Crippen LogP contribution in [0.2, 0.25) is 0 Å². The summed E-state index contributed by atoms with van der Waals surface area (Å²) in [5, 5.41) is 6.59. The maximum atomic E-state index is 3.69. The highest BCUT2D eigenvalue weighted by Crippen LogP contribution is 2.22. The molecule has 0 bridgehead atoms. The molecule has 0 unspecified atom stereocenters. The van der Waals surface area contributed by atoms with E-state index in [0.29, 0.717) is 0 Å². The van der Waals surface area contributed by atoms with E-state index in [-0.39, 0.29) is 0 Å². The lowest BCUT2D eigenvalue weighted by Gasteiger charge is -2.12. The Bertz CT molecular complexity index is 312. The van der Waals surface area contributed by atoms with Crippen molar-refractivity contribution in [3.05, 3.63) is 49.1 Å². The average molecular weight is 202 g/mol. The van der Waals surface area contributed by atoms with Crippen molar-refractivity contribution < 1.29 is 0 Å². The van der Waals surface area contributed by atoms with Crippen molar-refractivity contribution in [2.75, 3.05) is 23.7 Å². The maximum absolute atomic E-state index is 3.69. The Labute approximate surface area is 91.7 Å². The summed E-state index contributed by atoms with van der Waals surface area (Å²) in [6, 6.07) is 6.17. The number of benzene rings is 1. The van der Waals surface area contributed by atoms with E-state index in [1.54, 1.807) is 0 Å². The van der Waals surface area contributed by atoms with Gasteiger partial charge in [-0.2, -0.15) is 0 Å². The molecule has 0 fully saturated rings. The molecule has 0 aliphatic heterocycles. The first-order valence-electron chi connectivity index (χ1n) is 5.08. The summed E-state index contributed by atoms with van der Waals surface area (Å²) < 4.78 is 0. The van der Waals surface area contributed by atoms with Crippen LogP contribution in [0, 0.1) is 6.92 Å². The fourth-order valence-corrected chi connectivity index (χ4v) is 1.38. The maximum Gasteiger partial charge on any atom is 0.0393 e. The first-order valence-corrected chi connectivity index (χ1v) is 5.08. The number of hydrogen-bond acceptors (Lipinski definition) is 2. The molecule has 2 nitrogen and oxygen atoms in total. The highest BCUT2D eigenvalue weighted by Gasteiger charge is 2.01. The third-order valence-electron chi connectivity index (χ3n) is 2.21. The fraction of sp³-hybridized carbons (Fsp3) is 0.231.